The maximum Gasteiger partial charge on any atom is 0.234 e. The van der Waals surface area contributed by atoms with E-state index in [2.05, 4.69) is 38.9 Å². The van der Waals surface area contributed by atoms with E-state index in [9.17, 15) is 4.79 Å². The molecule has 1 aromatic heterocycles. The molecule has 0 aliphatic carbocycles. The average Bonchev–Trinajstić information content (AvgIpc) is 3.03. The van der Waals surface area contributed by atoms with E-state index in [1.165, 1.54) is 0 Å². The van der Waals surface area contributed by atoms with Crippen LogP contribution in [0.2, 0.25) is 0 Å². The van der Waals surface area contributed by atoms with Crippen LogP contribution in [0.1, 0.15) is 31.9 Å². The minimum absolute atomic E-state index is 0.0372. The molecule has 0 saturated carbocycles. The predicted molar refractivity (Wildman–Crippen MR) is 118 cm³/mol. The Morgan fingerprint density at radius 3 is 2.48 bits per heavy atom. The summed E-state index contributed by atoms with van der Waals surface area (Å²) in [6.45, 7) is 9.18. The number of nitrogens with one attached hydrogen (secondary N) is 1. The smallest absolute Gasteiger partial charge is 0.234 e. The Bertz CT molecular complexity index is 869. The van der Waals surface area contributed by atoms with Crippen molar-refractivity contribution < 1.29 is 14.3 Å². The third kappa shape index (κ3) is 5.44. The third-order valence-corrected chi connectivity index (χ3v) is 5.69. The minimum atomic E-state index is -0.0799. The quantitative estimate of drug-likeness (QED) is 0.761. The van der Waals surface area contributed by atoms with E-state index < -0.39 is 0 Å². The average molecular weight is 426 g/mol. The number of amides is 1. The molecule has 1 fully saturated rings. The fourth-order valence-electron chi connectivity index (χ4n) is 3.99. The number of aromatic nitrogens is 2. The fraction of sp³-hybridized carbons (Fsp3) is 0.522. The third-order valence-electron chi connectivity index (χ3n) is 5.69. The van der Waals surface area contributed by atoms with Crippen LogP contribution in [-0.2, 0) is 4.79 Å². The molecule has 3 heterocycles. The van der Waals surface area contributed by atoms with E-state index in [4.69, 9.17) is 9.47 Å². The summed E-state index contributed by atoms with van der Waals surface area (Å²) >= 11 is 0. The van der Waals surface area contributed by atoms with Crippen molar-refractivity contribution >= 4 is 11.9 Å². The number of hydrogen-bond acceptors (Lipinski definition) is 7. The maximum atomic E-state index is 12.8. The highest BCUT2D eigenvalue weighted by molar-refractivity contribution is 5.78. The van der Waals surface area contributed by atoms with Gasteiger partial charge in [-0.05, 0) is 29.7 Å². The Kier molecular flexibility index (Phi) is 6.86. The van der Waals surface area contributed by atoms with Gasteiger partial charge >= 0.3 is 0 Å². The first kappa shape index (κ1) is 21.4. The number of carbonyl (C=O) groups is 1. The Labute approximate surface area is 183 Å². The van der Waals surface area contributed by atoms with Crippen molar-refractivity contribution in [1.29, 1.82) is 0 Å². The van der Waals surface area contributed by atoms with E-state index in [0.29, 0.717) is 19.8 Å². The number of ether oxygens (including phenoxy) is 2. The number of anilines is 1. The zero-order chi connectivity index (χ0) is 21.6. The summed E-state index contributed by atoms with van der Waals surface area (Å²) < 4.78 is 11.6. The van der Waals surface area contributed by atoms with Crippen LogP contribution in [-0.4, -0.2) is 66.7 Å². The molecule has 166 valence electrons. The second-order valence-electron chi connectivity index (χ2n) is 8.36. The Hall–Kier alpha value is -2.87. The van der Waals surface area contributed by atoms with Gasteiger partial charge < -0.3 is 19.7 Å². The zero-order valence-electron chi connectivity index (χ0n) is 18.3. The summed E-state index contributed by atoms with van der Waals surface area (Å²) in [6, 6.07) is 7.71. The monoisotopic (exact) mass is 425 g/mol. The van der Waals surface area contributed by atoms with Crippen LogP contribution in [0.5, 0.6) is 11.5 Å². The molecule has 1 aromatic carbocycles. The molecule has 1 amide bonds. The molecule has 8 heteroatoms. The molecule has 1 atom stereocenters. The molecule has 1 unspecified atom stereocenters. The molecular formula is C23H31N5O3. The van der Waals surface area contributed by atoms with Crippen LogP contribution < -0.4 is 19.7 Å². The van der Waals surface area contributed by atoms with Gasteiger partial charge in [-0.15, -0.1) is 0 Å². The first-order valence-electron chi connectivity index (χ1n) is 11.0. The Morgan fingerprint density at radius 2 is 1.77 bits per heavy atom. The van der Waals surface area contributed by atoms with Gasteiger partial charge in [-0.1, -0.05) is 19.9 Å². The summed E-state index contributed by atoms with van der Waals surface area (Å²) in [6.07, 6.45) is 4.39. The lowest BCUT2D eigenvalue weighted by molar-refractivity contribution is -0.123. The Morgan fingerprint density at radius 1 is 1.06 bits per heavy atom. The summed E-state index contributed by atoms with van der Waals surface area (Å²) in [4.78, 5) is 25.8. The largest absolute Gasteiger partial charge is 0.490 e. The van der Waals surface area contributed by atoms with Crippen LogP contribution in [0.3, 0.4) is 0 Å². The summed E-state index contributed by atoms with van der Waals surface area (Å²) in [5.41, 5.74) is 1.04. The number of hydrogen-bond donors (Lipinski definition) is 1. The number of piperazine rings is 1. The number of carbonyl (C=O) groups excluding carboxylic acids is 1. The molecule has 8 nitrogen and oxygen atoms in total. The lowest BCUT2D eigenvalue weighted by Crippen LogP contribution is -2.50. The molecule has 1 N–H and O–H groups in total. The second kappa shape index (κ2) is 9.96. The van der Waals surface area contributed by atoms with Gasteiger partial charge in [0.1, 0.15) is 0 Å². The minimum Gasteiger partial charge on any atom is -0.490 e. The van der Waals surface area contributed by atoms with Gasteiger partial charge in [0.15, 0.2) is 11.5 Å². The van der Waals surface area contributed by atoms with Gasteiger partial charge in [-0.25, -0.2) is 9.97 Å². The van der Waals surface area contributed by atoms with Crippen molar-refractivity contribution in [3.05, 3.63) is 42.2 Å². The Balaban J connectivity index is 1.34. The van der Waals surface area contributed by atoms with Crippen LogP contribution in [0.25, 0.3) is 0 Å². The summed E-state index contributed by atoms with van der Waals surface area (Å²) in [5, 5.41) is 3.23. The van der Waals surface area contributed by atoms with Crippen LogP contribution in [0.15, 0.2) is 36.7 Å². The van der Waals surface area contributed by atoms with Gasteiger partial charge in [-0.3, -0.25) is 9.69 Å². The molecule has 0 radical (unpaired) electrons. The van der Waals surface area contributed by atoms with Crippen molar-refractivity contribution in [2.75, 3.05) is 50.8 Å². The first-order chi connectivity index (χ1) is 15.1. The van der Waals surface area contributed by atoms with Crippen molar-refractivity contribution in [2.24, 2.45) is 5.92 Å². The summed E-state index contributed by atoms with van der Waals surface area (Å²) in [7, 11) is 0. The lowest BCUT2D eigenvalue weighted by Gasteiger charge is -2.34. The SMILES string of the molecule is CC(C)C(NC(=O)CN1CCN(c2ncccn2)CC1)c1ccc2c(c1)OCCCO2. The van der Waals surface area contributed by atoms with E-state index in [1.807, 2.05) is 24.3 Å². The van der Waals surface area contributed by atoms with E-state index in [-0.39, 0.29) is 17.9 Å². The number of fused-ring (bicyclic) bond motifs is 1. The van der Waals surface area contributed by atoms with E-state index in [1.54, 1.807) is 12.4 Å². The van der Waals surface area contributed by atoms with Crippen molar-refractivity contribution in [3.63, 3.8) is 0 Å². The highest BCUT2D eigenvalue weighted by atomic mass is 16.5. The highest BCUT2D eigenvalue weighted by Crippen LogP contribution is 2.34. The van der Waals surface area contributed by atoms with Crippen LogP contribution in [0.4, 0.5) is 5.95 Å². The second-order valence-corrected chi connectivity index (χ2v) is 8.36. The number of benzene rings is 1. The first-order valence-corrected chi connectivity index (χ1v) is 11.0. The molecule has 4 rings (SSSR count). The van der Waals surface area contributed by atoms with Crippen molar-refractivity contribution in [1.82, 2.24) is 20.2 Å². The fourth-order valence-corrected chi connectivity index (χ4v) is 3.99. The van der Waals surface area contributed by atoms with Gasteiger partial charge in [0, 0.05) is 45.0 Å². The number of nitrogens with zero attached hydrogens (tertiary/aromatic N) is 4. The van der Waals surface area contributed by atoms with Crippen LogP contribution in [0, 0.1) is 5.92 Å². The van der Waals surface area contributed by atoms with Gasteiger partial charge in [0.25, 0.3) is 0 Å². The predicted octanol–water partition coefficient (Wildman–Crippen LogP) is 2.27. The van der Waals surface area contributed by atoms with Crippen molar-refractivity contribution in [3.8, 4) is 11.5 Å². The standard InChI is InChI=1S/C23H31N5O3/c1-17(2)22(18-5-6-19-20(15-18)31-14-4-13-30-19)26-21(29)16-27-9-11-28(12-10-27)23-24-7-3-8-25-23/h3,5-8,15,17,22H,4,9-14,16H2,1-2H3,(H,26,29). The van der Waals surface area contributed by atoms with Gasteiger partial charge in [0.2, 0.25) is 11.9 Å². The molecule has 1 saturated heterocycles. The van der Waals surface area contributed by atoms with E-state index >= 15 is 0 Å². The lowest BCUT2D eigenvalue weighted by atomic mass is 9.95. The maximum absolute atomic E-state index is 12.8. The molecule has 2 aliphatic rings. The molecule has 0 spiro atoms. The number of rotatable bonds is 6. The normalized spacial score (nSPS) is 17.8. The van der Waals surface area contributed by atoms with Crippen LogP contribution >= 0.6 is 0 Å². The molecule has 31 heavy (non-hydrogen) atoms. The molecule has 2 aromatic rings. The van der Waals surface area contributed by atoms with Gasteiger partial charge in [0.05, 0.1) is 25.8 Å². The molecule has 2 aliphatic heterocycles. The zero-order valence-corrected chi connectivity index (χ0v) is 18.3. The van der Waals surface area contributed by atoms with Gasteiger partial charge in [-0.2, -0.15) is 0 Å². The molecular weight excluding hydrogens is 394 g/mol. The van der Waals surface area contributed by atoms with E-state index in [0.717, 1.165) is 55.6 Å². The molecule has 0 bridgehead atoms. The summed E-state index contributed by atoms with van der Waals surface area (Å²) in [5.74, 6) is 2.57. The topological polar surface area (TPSA) is 79.8 Å². The highest BCUT2D eigenvalue weighted by Gasteiger charge is 2.24. The van der Waals surface area contributed by atoms with Crippen molar-refractivity contribution in [2.45, 2.75) is 26.3 Å².